The third-order valence-corrected chi connectivity index (χ3v) is 13.8. The van der Waals surface area contributed by atoms with Gasteiger partial charge in [-0.1, -0.05) is 101 Å². The highest BCUT2D eigenvalue weighted by atomic mass is 32.1. The Balaban J connectivity index is 1.78. The molecule has 170 valence electrons. The van der Waals surface area contributed by atoms with Crippen molar-refractivity contribution in [2.75, 3.05) is 0 Å². The third-order valence-electron chi connectivity index (χ3n) is 7.84. The highest BCUT2D eigenvalue weighted by molar-refractivity contribution is 7.33. The zero-order valence-corrected chi connectivity index (χ0v) is 22.7. The average molecular weight is 478 g/mol. The number of aromatic nitrogens is 1. The topological polar surface area (TPSA) is 12.9 Å². The molecule has 2 aromatic heterocycles. The fourth-order valence-electron chi connectivity index (χ4n) is 6.23. The summed E-state index contributed by atoms with van der Waals surface area (Å²) in [5.41, 5.74) is 6.90. The normalized spacial score (nSPS) is 14.7. The Morgan fingerprint density at radius 2 is 1.59 bits per heavy atom. The van der Waals surface area contributed by atoms with Gasteiger partial charge >= 0.3 is 0 Å². The van der Waals surface area contributed by atoms with Gasteiger partial charge in [0.15, 0.2) is 0 Å². The van der Waals surface area contributed by atoms with E-state index in [-0.39, 0.29) is 5.41 Å². The first-order valence-corrected chi connectivity index (χ1v) is 16.1. The lowest BCUT2D eigenvalue weighted by Gasteiger charge is -2.39. The molecule has 0 radical (unpaired) electrons. The molecule has 0 bridgehead atoms. The fraction of sp³-hybridized carbons (Fsp3) is 0.258. The predicted molar refractivity (Wildman–Crippen MR) is 152 cm³/mol. The lowest BCUT2D eigenvalue weighted by molar-refractivity contribution is 0.634. The van der Waals surface area contributed by atoms with E-state index in [4.69, 9.17) is 4.98 Å². The Kier molecular flexibility index (Phi) is 4.72. The van der Waals surface area contributed by atoms with E-state index < -0.39 is 8.07 Å². The van der Waals surface area contributed by atoms with E-state index in [0.717, 1.165) is 0 Å². The molecule has 34 heavy (non-hydrogen) atoms. The van der Waals surface area contributed by atoms with Crippen molar-refractivity contribution in [3.63, 3.8) is 0 Å². The van der Waals surface area contributed by atoms with Gasteiger partial charge in [0.1, 0.15) is 8.07 Å². The van der Waals surface area contributed by atoms with Gasteiger partial charge in [0, 0.05) is 31.8 Å². The molecule has 2 heterocycles. The summed E-state index contributed by atoms with van der Waals surface area (Å²) >= 11 is 2.02. The monoisotopic (exact) mass is 477 g/mol. The second-order valence-electron chi connectivity index (χ2n) is 11.0. The molecule has 3 heteroatoms. The van der Waals surface area contributed by atoms with E-state index in [0.29, 0.717) is 5.92 Å². The van der Waals surface area contributed by atoms with Gasteiger partial charge < -0.3 is 0 Å². The first kappa shape index (κ1) is 21.8. The minimum atomic E-state index is -1.91. The van der Waals surface area contributed by atoms with Gasteiger partial charge in [0.05, 0.1) is 5.69 Å². The Morgan fingerprint density at radius 3 is 2.32 bits per heavy atom. The average Bonchev–Trinajstić information content (AvgIpc) is 3.24. The number of benzene rings is 3. The molecule has 0 saturated carbocycles. The lowest BCUT2D eigenvalue weighted by Crippen LogP contribution is -2.54. The summed E-state index contributed by atoms with van der Waals surface area (Å²) in [6.45, 7) is 14.7. The van der Waals surface area contributed by atoms with Gasteiger partial charge in [-0.3, -0.25) is 4.98 Å². The molecule has 0 unspecified atom stereocenters. The van der Waals surface area contributed by atoms with Crippen LogP contribution in [-0.4, -0.2) is 13.1 Å². The van der Waals surface area contributed by atoms with Crippen LogP contribution in [0.2, 0.25) is 13.1 Å². The van der Waals surface area contributed by atoms with Gasteiger partial charge in [0.25, 0.3) is 0 Å². The molecule has 0 spiro atoms. The SMILES string of the molecule is CC(C)c1c2c(cc3ccccc13)-c1nccc3sc([Si](C)(C)c4ccccc4)c(c13)C2(C)C. The van der Waals surface area contributed by atoms with Crippen LogP contribution >= 0.6 is 11.3 Å². The van der Waals surface area contributed by atoms with Gasteiger partial charge in [-0.25, -0.2) is 0 Å². The molecule has 1 aliphatic rings. The number of fused-ring (bicyclic) bond motifs is 3. The van der Waals surface area contributed by atoms with Crippen molar-refractivity contribution < 1.29 is 0 Å². The van der Waals surface area contributed by atoms with Gasteiger partial charge in [-0.05, 0) is 45.5 Å². The quantitative estimate of drug-likeness (QED) is 0.243. The van der Waals surface area contributed by atoms with Crippen LogP contribution in [0.5, 0.6) is 0 Å². The Morgan fingerprint density at radius 1 is 0.882 bits per heavy atom. The molecule has 5 aromatic rings. The van der Waals surface area contributed by atoms with E-state index in [1.165, 1.54) is 54.0 Å². The van der Waals surface area contributed by atoms with Crippen LogP contribution in [0.4, 0.5) is 0 Å². The molecule has 0 aliphatic heterocycles. The fourth-order valence-corrected chi connectivity index (χ4v) is 11.4. The van der Waals surface area contributed by atoms with E-state index >= 15 is 0 Å². The van der Waals surface area contributed by atoms with Crippen molar-refractivity contribution in [2.45, 2.75) is 52.1 Å². The number of rotatable bonds is 3. The number of hydrogen-bond acceptors (Lipinski definition) is 2. The van der Waals surface area contributed by atoms with E-state index in [1.807, 2.05) is 17.5 Å². The van der Waals surface area contributed by atoms with Crippen LogP contribution in [0, 0.1) is 0 Å². The van der Waals surface area contributed by atoms with Gasteiger partial charge in [0.2, 0.25) is 0 Å². The second kappa shape index (κ2) is 7.37. The number of nitrogens with zero attached hydrogens (tertiary/aromatic N) is 1. The Hall–Kier alpha value is -2.75. The molecule has 0 atom stereocenters. The van der Waals surface area contributed by atoms with Crippen LogP contribution in [0.25, 0.3) is 32.1 Å². The molecule has 6 rings (SSSR count). The first-order chi connectivity index (χ1) is 16.2. The van der Waals surface area contributed by atoms with Gasteiger partial charge in [-0.15, -0.1) is 11.3 Å². The summed E-state index contributed by atoms with van der Waals surface area (Å²) in [4.78, 5) is 5.04. The predicted octanol–water partition coefficient (Wildman–Crippen LogP) is 7.70. The lowest BCUT2D eigenvalue weighted by atomic mass is 9.67. The Labute approximate surface area is 207 Å². The molecule has 0 fully saturated rings. The molecular weight excluding hydrogens is 447 g/mol. The molecule has 1 nitrogen and oxygen atoms in total. The summed E-state index contributed by atoms with van der Waals surface area (Å²) in [6.07, 6.45) is 2.02. The highest BCUT2D eigenvalue weighted by Crippen LogP contribution is 2.53. The summed E-state index contributed by atoms with van der Waals surface area (Å²) in [5, 5.41) is 5.59. The minimum Gasteiger partial charge on any atom is -0.256 e. The standard InChI is InChI=1S/C31H31NSSi/c1-19(2)25-22-15-11-10-12-20(22)18-23-27(25)31(3,4)28-26-24(16-17-32-29(23)26)33-30(28)34(5,6)21-13-8-7-9-14-21/h7-19H,1-6H3. The van der Waals surface area contributed by atoms with Crippen LogP contribution in [0.15, 0.2) is 72.9 Å². The maximum Gasteiger partial charge on any atom is 0.125 e. The smallest absolute Gasteiger partial charge is 0.125 e. The van der Waals surface area contributed by atoms with Crippen molar-refractivity contribution in [1.82, 2.24) is 4.98 Å². The molecule has 0 N–H and O–H groups in total. The number of hydrogen-bond donors (Lipinski definition) is 0. The van der Waals surface area contributed by atoms with E-state index in [2.05, 4.69) is 108 Å². The van der Waals surface area contributed by atoms with Gasteiger partial charge in [-0.2, -0.15) is 0 Å². The van der Waals surface area contributed by atoms with E-state index in [1.54, 1.807) is 4.50 Å². The third kappa shape index (κ3) is 2.87. The Bertz CT molecular complexity index is 1570. The maximum absolute atomic E-state index is 5.04. The molecule has 3 aromatic carbocycles. The van der Waals surface area contributed by atoms with E-state index in [9.17, 15) is 0 Å². The summed E-state index contributed by atoms with van der Waals surface area (Å²) in [6, 6.07) is 24.7. The molecule has 0 saturated heterocycles. The largest absolute Gasteiger partial charge is 0.256 e. The van der Waals surface area contributed by atoms with Crippen LogP contribution in [-0.2, 0) is 5.41 Å². The highest BCUT2D eigenvalue weighted by Gasteiger charge is 2.43. The maximum atomic E-state index is 5.04. The van der Waals surface area contributed by atoms with Crippen molar-refractivity contribution in [2.24, 2.45) is 0 Å². The second-order valence-corrected chi connectivity index (χ2v) is 16.8. The summed E-state index contributed by atoms with van der Waals surface area (Å²) < 4.78 is 2.98. The van der Waals surface area contributed by atoms with Crippen LogP contribution in [0.1, 0.15) is 50.3 Å². The molecular formula is C31H31NSSi. The van der Waals surface area contributed by atoms with Crippen molar-refractivity contribution >= 4 is 50.0 Å². The van der Waals surface area contributed by atoms with Crippen LogP contribution in [0.3, 0.4) is 0 Å². The van der Waals surface area contributed by atoms with Crippen molar-refractivity contribution in [3.8, 4) is 11.3 Å². The summed E-state index contributed by atoms with van der Waals surface area (Å²) in [5.74, 6) is 0.432. The zero-order valence-electron chi connectivity index (χ0n) is 20.9. The number of thiophene rings is 1. The van der Waals surface area contributed by atoms with Crippen LogP contribution < -0.4 is 9.69 Å². The zero-order chi connectivity index (χ0) is 23.8. The number of pyridine rings is 1. The van der Waals surface area contributed by atoms with Crippen molar-refractivity contribution in [1.29, 1.82) is 0 Å². The first-order valence-electron chi connectivity index (χ1n) is 12.3. The van der Waals surface area contributed by atoms with Crippen molar-refractivity contribution in [3.05, 3.63) is 89.6 Å². The molecule has 0 amide bonds. The minimum absolute atomic E-state index is 0.0956. The summed E-state index contributed by atoms with van der Waals surface area (Å²) in [7, 11) is -1.91. The molecule has 1 aliphatic carbocycles.